The van der Waals surface area contributed by atoms with Crippen molar-refractivity contribution in [2.45, 2.75) is 6.92 Å². The molecule has 0 radical (unpaired) electrons. The first-order valence-electron chi connectivity index (χ1n) is 5.57. The molecule has 1 aromatic carbocycles. The van der Waals surface area contributed by atoms with Crippen LogP contribution < -0.4 is 0 Å². The molecule has 0 N–H and O–H groups in total. The fraction of sp³-hybridized carbons (Fsp3) is 0.133. The first-order valence-corrected chi connectivity index (χ1v) is 5.57. The van der Waals surface area contributed by atoms with Gasteiger partial charge in [0.05, 0.1) is 5.56 Å². The Kier molecular flexibility index (Phi) is 3.49. The smallest absolute Gasteiger partial charge is 0.339 e. The molecule has 0 saturated carbocycles. The molecular formula is C15H13NO2. The molecule has 0 fully saturated rings. The van der Waals surface area contributed by atoms with E-state index >= 15 is 0 Å². The molecule has 18 heavy (non-hydrogen) atoms. The van der Waals surface area contributed by atoms with Crippen LogP contribution >= 0.6 is 0 Å². The van der Waals surface area contributed by atoms with Crippen molar-refractivity contribution in [2.24, 2.45) is 0 Å². The number of rotatable bonds is 3. The molecule has 90 valence electrons. The maximum absolute atomic E-state index is 11.8. The fourth-order valence-corrected chi connectivity index (χ4v) is 1.80. The minimum atomic E-state index is -0.389. The zero-order valence-corrected chi connectivity index (χ0v) is 10.1. The Hall–Kier alpha value is -2.47. The maximum Gasteiger partial charge on any atom is 0.339 e. The van der Waals surface area contributed by atoms with E-state index in [9.17, 15) is 4.79 Å². The summed E-state index contributed by atoms with van der Waals surface area (Å²) in [6.07, 6.45) is 8.93. The van der Waals surface area contributed by atoms with Crippen LogP contribution in [0, 0.1) is 19.3 Å². The van der Waals surface area contributed by atoms with E-state index in [1.807, 2.05) is 48.1 Å². The molecule has 3 nitrogen and oxygen atoms in total. The molecule has 0 saturated heterocycles. The largest absolute Gasteiger partial charge is 0.449 e. The van der Waals surface area contributed by atoms with Crippen LogP contribution in [0.25, 0.3) is 5.69 Å². The van der Waals surface area contributed by atoms with Crippen LogP contribution in [0.4, 0.5) is 0 Å². The van der Waals surface area contributed by atoms with E-state index in [2.05, 4.69) is 5.92 Å². The summed E-state index contributed by atoms with van der Waals surface area (Å²) in [7, 11) is 0. The van der Waals surface area contributed by atoms with Gasteiger partial charge < -0.3 is 9.30 Å². The van der Waals surface area contributed by atoms with Gasteiger partial charge in [-0.15, -0.1) is 6.42 Å². The molecule has 1 heterocycles. The van der Waals surface area contributed by atoms with Crippen LogP contribution in [0.15, 0.2) is 42.7 Å². The number of carbonyl (C=O) groups is 1. The van der Waals surface area contributed by atoms with Gasteiger partial charge in [-0.1, -0.05) is 12.0 Å². The molecule has 0 amide bonds. The molecule has 1 aromatic heterocycles. The number of nitrogens with zero attached hydrogens (tertiary/aromatic N) is 1. The molecule has 0 aliphatic carbocycles. The third-order valence-corrected chi connectivity index (χ3v) is 2.69. The van der Waals surface area contributed by atoms with Gasteiger partial charge in [0.15, 0.2) is 6.61 Å². The Morgan fingerprint density at radius 1 is 1.33 bits per heavy atom. The monoisotopic (exact) mass is 239 g/mol. The quantitative estimate of drug-likeness (QED) is 0.609. The number of terminal acetylenes is 1. The minimum absolute atomic E-state index is 0.00792. The second-order valence-corrected chi connectivity index (χ2v) is 3.82. The average Bonchev–Trinajstić information content (AvgIpc) is 2.90. The Morgan fingerprint density at radius 3 is 2.72 bits per heavy atom. The first kappa shape index (κ1) is 12.0. The van der Waals surface area contributed by atoms with Gasteiger partial charge in [-0.3, -0.25) is 0 Å². The summed E-state index contributed by atoms with van der Waals surface area (Å²) in [5.41, 5.74) is 2.36. The molecule has 0 aliphatic heterocycles. The van der Waals surface area contributed by atoms with Crippen LogP contribution in [0.5, 0.6) is 0 Å². The lowest BCUT2D eigenvalue weighted by Gasteiger charge is -2.11. The van der Waals surface area contributed by atoms with Gasteiger partial charge in [-0.25, -0.2) is 4.79 Å². The number of benzene rings is 1. The standard InChI is InChI=1S/C15H13NO2/c1-3-11-18-15(17)13-7-6-8-14(12(13)2)16-9-4-5-10-16/h1,4-10H,11H2,2H3. The van der Waals surface area contributed by atoms with E-state index in [-0.39, 0.29) is 12.6 Å². The van der Waals surface area contributed by atoms with Gasteiger partial charge in [0.2, 0.25) is 0 Å². The topological polar surface area (TPSA) is 31.2 Å². The third kappa shape index (κ3) is 2.28. The summed E-state index contributed by atoms with van der Waals surface area (Å²) in [5, 5.41) is 0. The van der Waals surface area contributed by atoms with Gasteiger partial charge >= 0.3 is 5.97 Å². The van der Waals surface area contributed by atoms with Crippen molar-refractivity contribution >= 4 is 5.97 Å². The molecule has 0 spiro atoms. The lowest BCUT2D eigenvalue weighted by molar-refractivity contribution is 0.0556. The molecule has 0 bridgehead atoms. The number of carbonyl (C=O) groups excluding carboxylic acids is 1. The molecule has 0 aliphatic rings. The summed E-state index contributed by atoms with van der Waals surface area (Å²) >= 11 is 0. The van der Waals surface area contributed by atoms with E-state index in [4.69, 9.17) is 11.2 Å². The van der Waals surface area contributed by atoms with E-state index in [1.165, 1.54) is 0 Å². The first-order chi connectivity index (χ1) is 8.74. The number of aromatic nitrogens is 1. The fourth-order valence-electron chi connectivity index (χ4n) is 1.80. The third-order valence-electron chi connectivity index (χ3n) is 2.69. The van der Waals surface area contributed by atoms with Gasteiger partial charge in [0, 0.05) is 18.1 Å². The predicted octanol–water partition coefficient (Wildman–Crippen LogP) is 2.58. The predicted molar refractivity (Wildman–Crippen MR) is 69.6 cm³/mol. The van der Waals surface area contributed by atoms with Crippen LogP contribution in [-0.2, 0) is 4.74 Å². The summed E-state index contributed by atoms with van der Waals surface area (Å²) < 4.78 is 6.90. The zero-order valence-electron chi connectivity index (χ0n) is 10.1. The molecule has 0 unspecified atom stereocenters. The van der Waals surface area contributed by atoms with Gasteiger partial charge in [-0.05, 0) is 36.8 Å². The normalized spacial score (nSPS) is 9.78. The molecule has 3 heteroatoms. The summed E-state index contributed by atoms with van der Waals surface area (Å²) in [5.74, 6) is 1.89. The van der Waals surface area contributed by atoms with Gasteiger partial charge in [0.25, 0.3) is 0 Å². The van der Waals surface area contributed by atoms with E-state index < -0.39 is 0 Å². The highest BCUT2D eigenvalue weighted by Gasteiger charge is 2.13. The Bertz CT molecular complexity index is 591. The van der Waals surface area contributed by atoms with E-state index in [0.717, 1.165) is 11.3 Å². The van der Waals surface area contributed by atoms with Crippen molar-refractivity contribution in [2.75, 3.05) is 6.61 Å². The Labute approximate surface area is 106 Å². The van der Waals surface area contributed by atoms with Crippen LogP contribution in [-0.4, -0.2) is 17.1 Å². The number of hydrogen-bond acceptors (Lipinski definition) is 2. The van der Waals surface area contributed by atoms with Crippen LogP contribution in [0.3, 0.4) is 0 Å². The highest BCUT2D eigenvalue weighted by molar-refractivity contribution is 5.92. The van der Waals surface area contributed by atoms with Crippen molar-refractivity contribution < 1.29 is 9.53 Å². The van der Waals surface area contributed by atoms with Gasteiger partial charge in [-0.2, -0.15) is 0 Å². The highest BCUT2D eigenvalue weighted by atomic mass is 16.5. The number of hydrogen-bond donors (Lipinski definition) is 0. The van der Waals surface area contributed by atoms with Gasteiger partial charge in [0.1, 0.15) is 0 Å². The van der Waals surface area contributed by atoms with Crippen molar-refractivity contribution in [1.29, 1.82) is 0 Å². The highest BCUT2D eigenvalue weighted by Crippen LogP contribution is 2.19. The van der Waals surface area contributed by atoms with Crippen molar-refractivity contribution in [3.05, 3.63) is 53.9 Å². The Morgan fingerprint density at radius 2 is 2.06 bits per heavy atom. The second-order valence-electron chi connectivity index (χ2n) is 3.82. The van der Waals surface area contributed by atoms with Crippen molar-refractivity contribution in [1.82, 2.24) is 4.57 Å². The SMILES string of the molecule is C#CCOC(=O)c1cccc(-n2cccc2)c1C. The maximum atomic E-state index is 11.8. The molecule has 2 aromatic rings. The summed E-state index contributed by atoms with van der Waals surface area (Å²) in [4.78, 5) is 11.8. The minimum Gasteiger partial charge on any atom is -0.449 e. The summed E-state index contributed by atoms with van der Waals surface area (Å²) in [6.45, 7) is 1.88. The lowest BCUT2D eigenvalue weighted by atomic mass is 10.1. The zero-order chi connectivity index (χ0) is 13.0. The van der Waals surface area contributed by atoms with E-state index in [0.29, 0.717) is 5.56 Å². The van der Waals surface area contributed by atoms with Crippen molar-refractivity contribution in [3.63, 3.8) is 0 Å². The van der Waals surface area contributed by atoms with Crippen LogP contribution in [0.1, 0.15) is 15.9 Å². The number of ether oxygens (including phenoxy) is 1. The second kappa shape index (κ2) is 5.24. The van der Waals surface area contributed by atoms with Crippen LogP contribution in [0.2, 0.25) is 0 Å². The molecule has 0 atom stereocenters. The molecule has 2 rings (SSSR count). The summed E-state index contributed by atoms with van der Waals surface area (Å²) in [6, 6.07) is 9.38. The molecular weight excluding hydrogens is 226 g/mol. The lowest BCUT2D eigenvalue weighted by Crippen LogP contribution is -2.09. The van der Waals surface area contributed by atoms with E-state index in [1.54, 1.807) is 6.07 Å². The van der Waals surface area contributed by atoms with Crippen molar-refractivity contribution in [3.8, 4) is 18.0 Å². The number of esters is 1. The average molecular weight is 239 g/mol. The Balaban J connectivity index is 2.37.